The van der Waals surface area contributed by atoms with Gasteiger partial charge in [-0.15, -0.1) is 0 Å². The van der Waals surface area contributed by atoms with Crippen LogP contribution in [-0.4, -0.2) is 25.4 Å². The van der Waals surface area contributed by atoms with Crippen LogP contribution >= 0.6 is 0 Å². The average molecular weight is 252 g/mol. The summed E-state index contributed by atoms with van der Waals surface area (Å²) in [5.41, 5.74) is 7.35. The van der Waals surface area contributed by atoms with Crippen LogP contribution in [-0.2, 0) is 4.74 Å². The van der Waals surface area contributed by atoms with Crippen LogP contribution in [0.3, 0.4) is 0 Å². The van der Waals surface area contributed by atoms with Crippen molar-refractivity contribution in [3.05, 3.63) is 18.2 Å². The molecule has 0 bridgehead atoms. The molecule has 3 N–H and O–H groups in total. The molecule has 0 atom stereocenters. The zero-order chi connectivity index (χ0) is 13.8. The fourth-order valence-corrected chi connectivity index (χ4v) is 1.44. The molecular formula is C14H24N2O2. The van der Waals surface area contributed by atoms with Crippen LogP contribution in [0.5, 0.6) is 5.75 Å². The first-order chi connectivity index (χ1) is 8.35. The zero-order valence-corrected chi connectivity index (χ0v) is 11.9. The lowest BCUT2D eigenvalue weighted by molar-refractivity contribution is 0.0344. The third-order valence-electron chi connectivity index (χ3n) is 2.69. The van der Waals surface area contributed by atoms with Crippen molar-refractivity contribution < 1.29 is 9.47 Å². The van der Waals surface area contributed by atoms with Crippen molar-refractivity contribution in [1.82, 2.24) is 0 Å². The topological polar surface area (TPSA) is 56.5 Å². The van der Waals surface area contributed by atoms with E-state index in [-0.39, 0.29) is 11.7 Å². The molecule has 102 valence electrons. The first-order valence-electron chi connectivity index (χ1n) is 6.20. The van der Waals surface area contributed by atoms with E-state index in [4.69, 9.17) is 15.2 Å². The Kier molecular flexibility index (Phi) is 4.84. The molecule has 0 saturated carbocycles. The van der Waals surface area contributed by atoms with Crippen molar-refractivity contribution in [2.24, 2.45) is 0 Å². The number of nitrogen functional groups attached to an aromatic ring is 1. The molecule has 0 saturated heterocycles. The minimum absolute atomic E-state index is 0.109. The molecule has 0 aliphatic rings. The van der Waals surface area contributed by atoms with Crippen LogP contribution < -0.4 is 15.8 Å². The van der Waals surface area contributed by atoms with E-state index < -0.39 is 0 Å². The lowest BCUT2D eigenvalue weighted by Gasteiger charge is -2.24. The summed E-state index contributed by atoms with van der Waals surface area (Å²) < 4.78 is 11.0. The number of benzene rings is 1. The lowest BCUT2D eigenvalue weighted by Crippen LogP contribution is -2.32. The van der Waals surface area contributed by atoms with E-state index in [9.17, 15) is 0 Å². The first kappa shape index (κ1) is 14.6. The second-order valence-corrected chi connectivity index (χ2v) is 5.20. The maximum Gasteiger partial charge on any atom is 0.144 e. The van der Waals surface area contributed by atoms with Crippen LogP contribution in [0, 0.1) is 0 Å². The number of nitrogens with one attached hydrogen (secondary N) is 1. The van der Waals surface area contributed by atoms with Crippen LogP contribution in [0.2, 0.25) is 0 Å². The molecule has 4 nitrogen and oxygen atoms in total. The Morgan fingerprint density at radius 3 is 2.56 bits per heavy atom. The van der Waals surface area contributed by atoms with Crippen molar-refractivity contribution in [2.75, 3.05) is 24.7 Å². The van der Waals surface area contributed by atoms with Gasteiger partial charge in [0.25, 0.3) is 0 Å². The number of para-hydroxylation sites is 1. The van der Waals surface area contributed by atoms with E-state index in [1.54, 1.807) is 7.11 Å². The third-order valence-corrected chi connectivity index (χ3v) is 2.69. The number of nitrogens with two attached hydrogens (primary N) is 1. The molecule has 0 radical (unpaired) electrons. The van der Waals surface area contributed by atoms with Crippen LogP contribution in [0.15, 0.2) is 18.2 Å². The Morgan fingerprint density at radius 1 is 1.33 bits per heavy atom. The predicted octanol–water partition coefficient (Wildman–Crippen LogP) is 2.89. The number of methoxy groups -OCH3 is 1. The maximum absolute atomic E-state index is 6.07. The summed E-state index contributed by atoms with van der Waals surface area (Å²) in [6.45, 7) is 8.68. The second-order valence-electron chi connectivity index (χ2n) is 5.20. The van der Waals surface area contributed by atoms with Crippen molar-refractivity contribution in [2.45, 2.75) is 39.4 Å². The van der Waals surface area contributed by atoms with Gasteiger partial charge in [-0.2, -0.15) is 0 Å². The van der Waals surface area contributed by atoms with Gasteiger partial charge in [0.05, 0.1) is 23.1 Å². The number of hydrogen-bond donors (Lipinski definition) is 2. The molecule has 0 fully saturated rings. The fraction of sp³-hybridized carbons (Fsp3) is 0.571. The molecule has 0 unspecified atom stereocenters. The highest BCUT2D eigenvalue weighted by molar-refractivity contribution is 5.73. The molecule has 0 aliphatic heterocycles. The molecule has 0 amide bonds. The second kappa shape index (κ2) is 5.96. The monoisotopic (exact) mass is 252 g/mol. The standard InChI is InChI=1S/C14H24N2O2/c1-10(2)18-12-8-6-7-11(13(12)15)16-9-14(3,4)17-5/h6-8,10,16H,9,15H2,1-5H3. The van der Waals surface area contributed by atoms with Gasteiger partial charge in [-0.3, -0.25) is 0 Å². The molecule has 18 heavy (non-hydrogen) atoms. The summed E-state index contributed by atoms with van der Waals surface area (Å²) in [4.78, 5) is 0. The average Bonchev–Trinajstić information content (AvgIpc) is 2.30. The molecule has 1 rings (SSSR count). The minimum atomic E-state index is -0.235. The zero-order valence-electron chi connectivity index (χ0n) is 11.9. The molecule has 0 aliphatic carbocycles. The van der Waals surface area contributed by atoms with Gasteiger partial charge in [0.1, 0.15) is 5.75 Å². The SMILES string of the molecule is COC(C)(C)CNc1cccc(OC(C)C)c1N. The highest BCUT2D eigenvalue weighted by Crippen LogP contribution is 2.30. The molecule has 4 heteroatoms. The summed E-state index contributed by atoms with van der Waals surface area (Å²) in [5.74, 6) is 0.713. The Morgan fingerprint density at radius 2 is 2.00 bits per heavy atom. The lowest BCUT2D eigenvalue weighted by atomic mass is 10.1. The number of hydrogen-bond acceptors (Lipinski definition) is 4. The first-order valence-corrected chi connectivity index (χ1v) is 6.20. The fourth-order valence-electron chi connectivity index (χ4n) is 1.44. The van der Waals surface area contributed by atoms with Crippen LogP contribution in [0.1, 0.15) is 27.7 Å². The van der Waals surface area contributed by atoms with Crippen molar-refractivity contribution in [3.8, 4) is 5.75 Å². The smallest absolute Gasteiger partial charge is 0.144 e. The van der Waals surface area contributed by atoms with Gasteiger partial charge < -0.3 is 20.5 Å². The number of ether oxygens (including phenoxy) is 2. The van der Waals surface area contributed by atoms with Gasteiger partial charge in [0.15, 0.2) is 0 Å². The van der Waals surface area contributed by atoms with Crippen molar-refractivity contribution in [3.63, 3.8) is 0 Å². The van der Waals surface area contributed by atoms with Gasteiger partial charge in [-0.05, 0) is 39.8 Å². The summed E-state index contributed by atoms with van der Waals surface area (Å²) in [6.07, 6.45) is 0.109. The Labute approximate surface area is 109 Å². The minimum Gasteiger partial charge on any atom is -0.489 e. The van der Waals surface area contributed by atoms with E-state index in [0.717, 1.165) is 5.69 Å². The molecule has 1 aromatic rings. The highest BCUT2D eigenvalue weighted by Gasteiger charge is 2.17. The van der Waals surface area contributed by atoms with E-state index >= 15 is 0 Å². The molecule has 0 aromatic heterocycles. The highest BCUT2D eigenvalue weighted by atomic mass is 16.5. The summed E-state index contributed by atoms with van der Waals surface area (Å²) >= 11 is 0. The van der Waals surface area contributed by atoms with E-state index in [1.165, 1.54) is 0 Å². The number of anilines is 2. The molecular weight excluding hydrogens is 228 g/mol. The number of rotatable bonds is 6. The van der Waals surface area contributed by atoms with E-state index in [2.05, 4.69) is 5.32 Å². The van der Waals surface area contributed by atoms with E-state index in [1.807, 2.05) is 45.9 Å². The Balaban J connectivity index is 2.78. The van der Waals surface area contributed by atoms with Gasteiger partial charge in [0, 0.05) is 13.7 Å². The molecule has 0 spiro atoms. The summed E-state index contributed by atoms with van der Waals surface area (Å²) in [6, 6.07) is 5.74. The maximum atomic E-state index is 6.07. The van der Waals surface area contributed by atoms with Crippen molar-refractivity contribution >= 4 is 11.4 Å². The molecule has 0 heterocycles. The third kappa shape index (κ3) is 4.11. The summed E-state index contributed by atoms with van der Waals surface area (Å²) in [7, 11) is 1.70. The van der Waals surface area contributed by atoms with Gasteiger partial charge >= 0.3 is 0 Å². The normalized spacial score (nSPS) is 11.7. The Bertz CT molecular complexity index is 389. The quantitative estimate of drug-likeness (QED) is 0.764. The van der Waals surface area contributed by atoms with Gasteiger partial charge in [-0.1, -0.05) is 6.07 Å². The van der Waals surface area contributed by atoms with E-state index in [0.29, 0.717) is 18.0 Å². The summed E-state index contributed by atoms with van der Waals surface area (Å²) in [5, 5.41) is 3.29. The molecule has 1 aromatic carbocycles. The van der Waals surface area contributed by atoms with Crippen molar-refractivity contribution in [1.29, 1.82) is 0 Å². The predicted molar refractivity (Wildman–Crippen MR) is 76.2 cm³/mol. The van der Waals surface area contributed by atoms with Crippen LogP contribution in [0.25, 0.3) is 0 Å². The van der Waals surface area contributed by atoms with Gasteiger partial charge in [-0.25, -0.2) is 0 Å². The largest absolute Gasteiger partial charge is 0.489 e. The van der Waals surface area contributed by atoms with Gasteiger partial charge in [0.2, 0.25) is 0 Å². The van der Waals surface area contributed by atoms with Crippen LogP contribution in [0.4, 0.5) is 11.4 Å². The Hall–Kier alpha value is -1.42.